The van der Waals surface area contributed by atoms with E-state index >= 15 is 0 Å². The van der Waals surface area contributed by atoms with Gasteiger partial charge in [0, 0.05) is 12.5 Å². The lowest BCUT2D eigenvalue weighted by Crippen LogP contribution is -2.35. The second kappa shape index (κ2) is 9.59. The molecule has 0 aliphatic carbocycles. The molecular weight excluding hydrogens is 374 g/mol. The highest BCUT2D eigenvalue weighted by Gasteiger charge is 2.21. The van der Waals surface area contributed by atoms with Gasteiger partial charge >= 0.3 is 22.2 Å². The number of hydrogen-bond donors (Lipinski definition) is 1. The molecule has 0 radical (unpaired) electrons. The average molecular weight is 401 g/mol. The summed E-state index contributed by atoms with van der Waals surface area (Å²) >= 11 is 0. The number of ether oxygens (including phenoxy) is 2. The fraction of sp³-hybridized carbons (Fsp3) is 0.556. The predicted molar refractivity (Wildman–Crippen MR) is 100 cm³/mol. The van der Waals surface area contributed by atoms with Crippen LogP contribution in [0.1, 0.15) is 45.6 Å². The minimum atomic E-state index is -3.68. The van der Waals surface area contributed by atoms with Crippen molar-refractivity contribution < 1.29 is 31.7 Å². The summed E-state index contributed by atoms with van der Waals surface area (Å²) in [6, 6.07) is 6.34. The molecule has 0 heterocycles. The summed E-state index contributed by atoms with van der Waals surface area (Å²) in [4.78, 5) is 23.8. The molecule has 27 heavy (non-hydrogen) atoms. The SMILES string of the molecule is CCOC(=O)CC(CNC(=O)OC(C)(C)C)c1cccc(OS(C)(=O)=O)c1. The van der Waals surface area contributed by atoms with Crippen molar-refractivity contribution in [2.24, 2.45) is 0 Å². The summed E-state index contributed by atoms with van der Waals surface area (Å²) in [5, 5.41) is 2.62. The Morgan fingerprint density at radius 2 is 1.89 bits per heavy atom. The molecule has 1 aromatic rings. The van der Waals surface area contributed by atoms with Crippen molar-refractivity contribution in [3.05, 3.63) is 29.8 Å². The van der Waals surface area contributed by atoms with E-state index < -0.39 is 33.7 Å². The molecule has 152 valence electrons. The zero-order chi connectivity index (χ0) is 20.7. The molecule has 0 fully saturated rings. The van der Waals surface area contributed by atoms with Gasteiger partial charge in [-0.15, -0.1) is 0 Å². The number of nitrogens with one attached hydrogen (secondary N) is 1. The molecule has 1 atom stereocenters. The van der Waals surface area contributed by atoms with Gasteiger partial charge in [0.1, 0.15) is 11.4 Å². The van der Waals surface area contributed by atoms with E-state index in [1.807, 2.05) is 0 Å². The van der Waals surface area contributed by atoms with Gasteiger partial charge in [-0.05, 0) is 45.4 Å². The van der Waals surface area contributed by atoms with Gasteiger partial charge in [0.15, 0.2) is 0 Å². The first-order chi connectivity index (χ1) is 12.4. The number of carbonyl (C=O) groups excluding carboxylic acids is 2. The quantitative estimate of drug-likeness (QED) is 0.527. The van der Waals surface area contributed by atoms with Crippen molar-refractivity contribution in [3.8, 4) is 5.75 Å². The van der Waals surface area contributed by atoms with E-state index in [1.54, 1.807) is 39.8 Å². The monoisotopic (exact) mass is 401 g/mol. The molecule has 1 N–H and O–H groups in total. The van der Waals surface area contributed by atoms with E-state index in [1.165, 1.54) is 12.1 Å². The summed E-state index contributed by atoms with van der Waals surface area (Å²) in [5.74, 6) is -0.747. The van der Waals surface area contributed by atoms with Gasteiger partial charge in [-0.2, -0.15) is 8.42 Å². The molecule has 0 aliphatic rings. The first kappa shape index (κ1) is 22.8. The number of esters is 1. The van der Waals surface area contributed by atoms with Crippen molar-refractivity contribution in [1.29, 1.82) is 0 Å². The number of carbonyl (C=O) groups is 2. The Morgan fingerprint density at radius 3 is 2.44 bits per heavy atom. The Morgan fingerprint density at radius 1 is 1.22 bits per heavy atom. The molecule has 0 aliphatic heterocycles. The van der Waals surface area contributed by atoms with Crippen molar-refractivity contribution in [2.75, 3.05) is 19.4 Å². The second-order valence-corrected chi connectivity index (χ2v) is 8.52. The highest BCUT2D eigenvalue weighted by molar-refractivity contribution is 7.86. The zero-order valence-corrected chi connectivity index (χ0v) is 17.1. The van der Waals surface area contributed by atoms with Gasteiger partial charge in [-0.3, -0.25) is 4.79 Å². The van der Waals surface area contributed by atoms with Crippen LogP contribution in [0.5, 0.6) is 5.75 Å². The third-order valence-corrected chi connectivity index (χ3v) is 3.68. The Bertz CT molecular complexity index is 753. The van der Waals surface area contributed by atoms with Gasteiger partial charge in [0.2, 0.25) is 0 Å². The molecule has 0 saturated carbocycles. The van der Waals surface area contributed by atoms with E-state index in [9.17, 15) is 18.0 Å². The summed E-state index contributed by atoms with van der Waals surface area (Å²) in [6.45, 7) is 7.28. The van der Waals surface area contributed by atoms with Crippen molar-refractivity contribution in [2.45, 2.75) is 45.6 Å². The highest BCUT2D eigenvalue weighted by atomic mass is 32.2. The second-order valence-electron chi connectivity index (χ2n) is 6.95. The molecule has 1 unspecified atom stereocenters. The number of benzene rings is 1. The number of alkyl carbamates (subject to hydrolysis) is 1. The number of amides is 1. The van der Waals surface area contributed by atoms with E-state index in [2.05, 4.69) is 5.32 Å². The zero-order valence-electron chi connectivity index (χ0n) is 16.3. The maximum Gasteiger partial charge on any atom is 0.407 e. The summed E-state index contributed by atoms with van der Waals surface area (Å²) in [7, 11) is -3.68. The lowest BCUT2D eigenvalue weighted by atomic mass is 9.95. The van der Waals surface area contributed by atoms with Crippen molar-refractivity contribution in [3.63, 3.8) is 0 Å². The first-order valence-corrected chi connectivity index (χ1v) is 10.3. The highest BCUT2D eigenvalue weighted by Crippen LogP contribution is 2.25. The molecular formula is C18H27NO7S. The van der Waals surface area contributed by atoms with Crippen LogP contribution in [0.15, 0.2) is 24.3 Å². The van der Waals surface area contributed by atoms with Crippen LogP contribution in [-0.2, 0) is 24.4 Å². The summed E-state index contributed by atoms with van der Waals surface area (Å²) < 4.78 is 37.7. The van der Waals surface area contributed by atoms with Crippen LogP contribution in [0, 0.1) is 0 Å². The third kappa shape index (κ3) is 9.83. The molecule has 9 heteroatoms. The van der Waals surface area contributed by atoms with E-state index in [0.717, 1.165) is 6.26 Å². The fourth-order valence-electron chi connectivity index (χ4n) is 2.24. The molecule has 0 bridgehead atoms. The molecule has 0 saturated heterocycles. The molecule has 0 aromatic heterocycles. The van der Waals surface area contributed by atoms with Crippen LogP contribution in [-0.4, -0.2) is 45.5 Å². The van der Waals surface area contributed by atoms with Crippen LogP contribution < -0.4 is 9.50 Å². The number of hydrogen-bond acceptors (Lipinski definition) is 7. The Kier molecular flexibility index (Phi) is 8.08. The Labute approximate surface area is 160 Å². The van der Waals surface area contributed by atoms with Gasteiger partial charge in [-0.1, -0.05) is 12.1 Å². The van der Waals surface area contributed by atoms with Crippen LogP contribution in [0.3, 0.4) is 0 Å². The maximum absolute atomic E-state index is 11.9. The Hall–Kier alpha value is -2.29. The minimum Gasteiger partial charge on any atom is -0.466 e. The normalized spacial score (nSPS) is 12.8. The summed E-state index contributed by atoms with van der Waals surface area (Å²) in [6.07, 6.45) is 0.339. The van der Waals surface area contributed by atoms with Gasteiger partial charge < -0.3 is 19.0 Å². The van der Waals surface area contributed by atoms with Crippen LogP contribution in [0.4, 0.5) is 4.79 Å². The molecule has 1 aromatic carbocycles. The average Bonchev–Trinajstić information content (AvgIpc) is 2.48. The van der Waals surface area contributed by atoms with Gasteiger partial charge in [0.05, 0.1) is 19.3 Å². The van der Waals surface area contributed by atoms with Crippen LogP contribution >= 0.6 is 0 Å². The standard InChI is InChI=1S/C18H27NO7S/c1-6-24-16(20)11-14(12-19-17(21)25-18(2,3)4)13-8-7-9-15(10-13)26-27(5,22)23/h7-10,14H,6,11-12H2,1-5H3,(H,19,21). The summed E-state index contributed by atoms with van der Waals surface area (Å²) in [5.41, 5.74) is -0.0236. The Balaban J connectivity index is 2.95. The van der Waals surface area contributed by atoms with Crippen LogP contribution in [0.2, 0.25) is 0 Å². The lowest BCUT2D eigenvalue weighted by molar-refractivity contribution is -0.143. The molecule has 8 nitrogen and oxygen atoms in total. The first-order valence-electron chi connectivity index (χ1n) is 8.51. The molecule has 1 rings (SSSR count). The smallest absolute Gasteiger partial charge is 0.407 e. The lowest BCUT2D eigenvalue weighted by Gasteiger charge is -2.22. The minimum absolute atomic E-state index is 0.00592. The topological polar surface area (TPSA) is 108 Å². The largest absolute Gasteiger partial charge is 0.466 e. The van der Waals surface area contributed by atoms with Crippen molar-refractivity contribution >= 4 is 22.2 Å². The van der Waals surface area contributed by atoms with E-state index in [4.69, 9.17) is 13.7 Å². The predicted octanol–water partition coefficient (Wildman–Crippen LogP) is 2.59. The molecule has 0 spiro atoms. The van der Waals surface area contributed by atoms with E-state index in [0.29, 0.717) is 5.56 Å². The molecule has 1 amide bonds. The maximum atomic E-state index is 11.9. The third-order valence-electron chi connectivity index (χ3n) is 3.19. The van der Waals surface area contributed by atoms with Gasteiger partial charge in [0.25, 0.3) is 0 Å². The van der Waals surface area contributed by atoms with Crippen LogP contribution in [0.25, 0.3) is 0 Å². The fourth-order valence-corrected chi connectivity index (χ4v) is 2.70. The van der Waals surface area contributed by atoms with E-state index in [-0.39, 0.29) is 25.3 Å². The van der Waals surface area contributed by atoms with Crippen molar-refractivity contribution in [1.82, 2.24) is 5.32 Å². The number of rotatable bonds is 8. The van der Waals surface area contributed by atoms with Gasteiger partial charge in [-0.25, -0.2) is 4.79 Å².